The van der Waals surface area contributed by atoms with Gasteiger partial charge < -0.3 is 15.3 Å². The van der Waals surface area contributed by atoms with E-state index in [0.29, 0.717) is 6.54 Å². The Morgan fingerprint density at radius 3 is 2.76 bits per heavy atom. The van der Waals surface area contributed by atoms with Gasteiger partial charge in [-0.15, -0.1) is 0 Å². The van der Waals surface area contributed by atoms with Crippen LogP contribution in [0.25, 0.3) is 0 Å². The molecule has 2 N–H and O–H groups in total. The highest BCUT2D eigenvalue weighted by Gasteiger charge is 2.48. The highest BCUT2D eigenvalue weighted by Crippen LogP contribution is 2.38. The zero-order valence-corrected chi connectivity index (χ0v) is 13.0. The second-order valence-electron chi connectivity index (χ2n) is 5.94. The molecule has 0 heterocycles. The minimum atomic E-state index is -0.716. The van der Waals surface area contributed by atoms with E-state index in [1.54, 1.807) is 0 Å². The van der Waals surface area contributed by atoms with Gasteiger partial charge in [0.1, 0.15) is 5.54 Å². The van der Waals surface area contributed by atoms with Crippen LogP contribution in [0.3, 0.4) is 0 Å². The third-order valence-corrected chi connectivity index (χ3v) is 4.70. The molecular formula is C17H26N2O2. The first kappa shape index (κ1) is 15.8. The number of aliphatic carboxylic acids is 1. The molecule has 4 nitrogen and oxygen atoms in total. The van der Waals surface area contributed by atoms with Crippen LogP contribution in [0.4, 0.5) is 5.69 Å². The molecule has 2 rings (SSSR count). The Hall–Kier alpha value is -1.55. The second-order valence-corrected chi connectivity index (χ2v) is 5.94. The van der Waals surface area contributed by atoms with Gasteiger partial charge in [-0.3, -0.25) is 4.79 Å². The van der Waals surface area contributed by atoms with Crippen molar-refractivity contribution in [2.75, 3.05) is 25.0 Å². The molecule has 0 aromatic heterocycles. The number of para-hydroxylation sites is 1. The van der Waals surface area contributed by atoms with Crippen LogP contribution in [-0.4, -0.2) is 36.8 Å². The number of carboxylic acid groups (broad SMARTS) is 1. The molecule has 1 aromatic carbocycles. The number of nitrogens with one attached hydrogen (secondary N) is 1. The lowest BCUT2D eigenvalue weighted by molar-refractivity contribution is -0.146. The summed E-state index contributed by atoms with van der Waals surface area (Å²) in [6.45, 7) is 3.57. The maximum Gasteiger partial charge on any atom is 0.324 e. The number of carbonyl (C=O) groups is 1. The average molecular weight is 290 g/mol. The molecule has 4 heteroatoms. The van der Waals surface area contributed by atoms with Gasteiger partial charge in [-0.2, -0.15) is 0 Å². The Labute approximate surface area is 127 Å². The fraction of sp³-hybridized carbons (Fsp3) is 0.588. The van der Waals surface area contributed by atoms with E-state index in [9.17, 15) is 9.90 Å². The highest BCUT2D eigenvalue weighted by atomic mass is 16.4. The quantitative estimate of drug-likeness (QED) is 0.811. The molecule has 0 radical (unpaired) electrons. The van der Waals surface area contributed by atoms with Crippen LogP contribution >= 0.6 is 0 Å². The Morgan fingerprint density at radius 2 is 2.14 bits per heavy atom. The summed E-state index contributed by atoms with van der Waals surface area (Å²) in [6, 6.07) is 10.2. The summed E-state index contributed by atoms with van der Waals surface area (Å²) < 4.78 is 0. The van der Waals surface area contributed by atoms with Crippen molar-refractivity contribution in [1.29, 1.82) is 0 Å². The van der Waals surface area contributed by atoms with Crippen LogP contribution in [0.1, 0.15) is 32.6 Å². The lowest BCUT2D eigenvalue weighted by Gasteiger charge is -2.33. The monoisotopic (exact) mass is 290 g/mol. The maximum absolute atomic E-state index is 11.8. The lowest BCUT2D eigenvalue weighted by atomic mass is 9.84. The van der Waals surface area contributed by atoms with Crippen molar-refractivity contribution in [2.45, 2.75) is 38.1 Å². The third kappa shape index (κ3) is 3.38. The van der Waals surface area contributed by atoms with Crippen molar-refractivity contribution >= 4 is 11.7 Å². The Bertz CT molecular complexity index is 463. The minimum Gasteiger partial charge on any atom is -0.480 e. The predicted octanol–water partition coefficient (Wildman–Crippen LogP) is 2.75. The zero-order valence-electron chi connectivity index (χ0n) is 13.0. The van der Waals surface area contributed by atoms with Crippen molar-refractivity contribution in [3.8, 4) is 0 Å². The van der Waals surface area contributed by atoms with E-state index in [1.165, 1.54) is 5.69 Å². The molecule has 0 spiro atoms. The highest BCUT2D eigenvalue weighted by molar-refractivity contribution is 5.79. The van der Waals surface area contributed by atoms with Gasteiger partial charge in [-0.1, -0.05) is 31.5 Å². The molecule has 1 aliphatic rings. The molecule has 1 saturated carbocycles. The van der Waals surface area contributed by atoms with Crippen LogP contribution in [0.2, 0.25) is 0 Å². The number of rotatable bonds is 7. The van der Waals surface area contributed by atoms with E-state index in [0.717, 1.165) is 32.2 Å². The largest absolute Gasteiger partial charge is 0.480 e. The van der Waals surface area contributed by atoms with E-state index in [1.807, 2.05) is 25.1 Å². The molecule has 116 valence electrons. The number of carboxylic acids is 1. The summed E-state index contributed by atoms with van der Waals surface area (Å²) in [4.78, 5) is 14.0. The number of hydrogen-bond donors (Lipinski definition) is 2. The Kier molecular flexibility index (Phi) is 5.23. The fourth-order valence-corrected chi connectivity index (χ4v) is 3.53. The molecular weight excluding hydrogens is 264 g/mol. The minimum absolute atomic E-state index is 0.209. The van der Waals surface area contributed by atoms with E-state index in [2.05, 4.69) is 29.4 Å². The maximum atomic E-state index is 11.8. The first-order valence-electron chi connectivity index (χ1n) is 7.84. The summed E-state index contributed by atoms with van der Waals surface area (Å²) in [5, 5.41) is 12.9. The summed E-state index contributed by atoms with van der Waals surface area (Å²) in [6.07, 6.45) is 3.65. The topological polar surface area (TPSA) is 52.6 Å². The van der Waals surface area contributed by atoms with Crippen LogP contribution < -0.4 is 10.2 Å². The summed E-state index contributed by atoms with van der Waals surface area (Å²) in [7, 11) is 2.07. The molecule has 0 aliphatic heterocycles. The lowest BCUT2D eigenvalue weighted by Crippen LogP contribution is -2.55. The van der Waals surface area contributed by atoms with Gasteiger partial charge in [-0.25, -0.2) is 0 Å². The fourth-order valence-electron chi connectivity index (χ4n) is 3.53. The van der Waals surface area contributed by atoms with Crippen molar-refractivity contribution in [3.63, 3.8) is 0 Å². The first-order valence-corrected chi connectivity index (χ1v) is 7.84. The molecule has 1 aliphatic carbocycles. The molecule has 21 heavy (non-hydrogen) atoms. The first-order chi connectivity index (χ1) is 10.1. The molecule has 1 aromatic rings. The standard InChI is InChI=1S/C17H26N2O2/c1-3-18-17(16(20)21)12-7-8-14(17)11-13-19(2)15-9-5-4-6-10-15/h4-6,9-10,14,18H,3,7-8,11-13H2,1-2H3,(H,20,21). The van der Waals surface area contributed by atoms with Crippen molar-refractivity contribution in [2.24, 2.45) is 5.92 Å². The summed E-state index contributed by atoms with van der Waals surface area (Å²) in [5.41, 5.74) is 0.464. The molecule has 0 amide bonds. The summed E-state index contributed by atoms with van der Waals surface area (Å²) >= 11 is 0. The predicted molar refractivity (Wildman–Crippen MR) is 85.7 cm³/mol. The number of likely N-dealkylation sites (N-methyl/N-ethyl adjacent to an activating group) is 1. The number of anilines is 1. The molecule has 2 unspecified atom stereocenters. The Balaban J connectivity index is 1.99. The van der Waals surface area contributed by atoms with E-state index < -0.39 is 11.5 Å². The number of hydrogen-bond acceptors (Lipinski definition) is 3. The second kappa shape index (κ2) is 6.94. The van der Waals surface area contributed by atoms with Gasteiger partial charge in [0.2, 0.25) is 0 Å². The van der Waals surface area contributed by atoms with Gasteiger partial charge in [0.15, 0.2) is 0 Å². The van der Waals surface area contributed by atoms with Gasteiger partial charge in [0, 0.05) is 19.3 Å². The van der Waals surface area contributed by atoms with E-state index >= 15 is 0 Å². The molecule has 0 saturated heterocycles. The average Bonchev–Trinajstić information content (AvgIpc) is 2.90. The number of benzene rings is 1. The molecule has 2 atom stereocenters. The van der Waals surface area contributed by atoms with E-state index in [4.69, 9.17) is 0 Å². The van der Waals surface area contributed by atoms with Gasteiger partial charge in [-0.05, 0) is 43.9 Å². The van der Waals surface area contributed by atoms with Crippen LogP contribution in [0, 0.1) is 5.92 Å². The van der Waals surface area contributed by atoms with Crippen LogP contribution in [0.15, 0.2) is 30.3 Å². The summed E-state index contributed by atoms with van der Waals surface area (Å²) in [5.74, 6) is -0.477. The molecule has 1 fully saturated rings. The smallest absolute Gasteiger partial charge is 0.324 e. The Morgan fingerprint density at radius 1 is 1.43 bits per heavy atom. The van der Waals surface area contributed by atoms with Crippen molar-refractivity contribution in [3.05, 3.63) is 30.3 Å². The number of nitrogens with zero attached hydrogens (tertiary/aromatic N) is 1. The van der Waals surface area contributed by atoms with Gasteiger partial charge in [0.05, 0.1) is 0 Å². The SMILES string of the molecule is CCNC1(C(=O)O)CCCC1CCN(C)c1ccccc1. The molecule has 0 bridgehead atoms. The van der Waals surface area contributed by atoms with Gasteiger partial charge in [0.25, 0.3) is 0 Å². The zero-order chi connectivity index (χ0) is 15.3. The van der Waals surface area contributed by atoms with Crippen molar-refractivity contribution in [1.82, 2.24) is 5.32 Å². The third-order valence-electron chi connectivity index (χ3n) is 4.70. The normalized spacial score (nSPS) is 25.0. The van der Waals surface area contributed by atoms with Gasteiger partial charge >= 0.3 is 5.97 Å². The van der Waals surface area contributed by atoms with Crippen LogP contribution in [0.5, 0.6) is 0 Å². The van der Waals surface area contributed by atoms with E-state index in [-0.39, 0.29) is 5.92 Å². The van der Waals surface area contributed by atoms with Crippen LogP contribution in [-0.2, 0) is 4.79 Å². The van der Waals surface area contributed by atoms with Crippen molar-refractivity contribution < 1.29 is 9.90 Å².